The molecule has 108 valence electrons. The molecule has 2 aromatic rings. The van der Waals surface area contributed by atoms with Crippen LogP contribution in [-0.4, -0.2) is 0 Å². The van der Waals surface area contributed by atoms with Gasteiger partial charge in [-0.1, -0.05) is 56.3 Å². The monoisotopic (exact) mass is 278 g/mol. The molecule has 0 heterocycles. The van der Waals surface area contributed by atoms with Crippen LogP contribution in [-0.2, 0) is 0 Å². The lowest BCUT2D eigenvalue weighted by molar-refractivity contribution is 0.374. The molecule has 0 fully saturated rings. The van der Waals surface area contributed by atoms with Gasteiger partial charge >= 0.3 is 0 Å². The molecule has 2 unspecified atom stereocenters. The highest BCUT2D eigenvalue weighted by Crippen LogP contribution is 2.25. The molecule has 2 aromatic carbocycles. The van der Waals surface area contributed by atoms with Gasteiger partial charge in [-0.3, -0.25) is 0 Å². The van der Waals surface area contributed by atoms with Gasteiger partial charge in [0.25, 0.3) is 0 Å². The Morgan fingerprint density at radius 2 is 1.57 bits per heavy atom. The van der Waals surface area contributed by atoms with Crippen molar-refractivity contribution in [2.45, 2.75) is 32.9 Å². The minimum absolute atomic E-state index is 0.200. The highest BCUT2D eigenvalue weighted by Gasteiger charge is 2.18. The highest BCUT2D eigenvalue weighted by atomic mass is 14.9. The average Bonchev–Trinajstić information content (AvgIpc) is 2.53. The van der Waals surface area contributed by atoms with Gasteiger partial charge in [0.1, 0.15) is 0 Å². The van der Waals surface area contributed by atoms with Crippen LogP contribution in [0, 0.1) is 17.2 Å². The molecule has 0 aliphatic carbocycles. The Morgan fingerprint density at radius 1 is 0.905 bits per heavy atom. The highest BCUT2D eigenvalue weighted by molar-refractivity contribution is 5.34. The summed E-state index contributed by atoms with van der Waals surface area (Å²) in [6.07, 6.45) is 0. The van der Waals surface area contributed by atoms with Crippen LogP contribution >= 0.6 is 0 Å². The molecule has 0 aliphatic heterocycles. The SMILES string of the molecule is CC(NC(c1ccccc1)C(C)C)c1cccc(C#N)c1. The van der Waals surface area contributed by atoms with E-state index in [-0.39, 0.29) is 6.04 Å². The zero-order valence-corrected chi connectivity index (χ0v) is 12.9. The first-order chi connectivity index (χ1) is 10.1. The molecule has 0 radical (unpaired) electrons. The molecule has 0 saturated heterocycles. The molecule has 0 bridgehead atoms. The Morgan fingerprint density at radius 3 is 2.19 bits per heavy atom. The molecule has 0 amide bonds. The molecule has 0 aromatic heterocycles. The van der Waals surface area contributed by atoms with E-state index in [4.69, 9.17) is 5.26 Å². The van der Waals surface area contributed by atoms with Crippen LogP contribution in [0.25, 0.3) is 0 Å². The predicted octanol–water partition coefficient (Wildman–Crippen LogP) is 4.61. The maximum absolute atomic E-state index is 9.02. The third-order valence-corrected chi connectivity index (χ3v) is 3.77. The van der Waals surface area contributed by atoms with E-state index >= 15 is 0 Å². The van der Waals surface area contributed by atoms with E-state index in [2.05, 4.69) is 62.5 Å². The van der Waals surface area contributed by atoms with Crippen LogP contribution in [0.2, 0.25) is 0 Å². The second-order valence-electron chi connectivity index (χ2n) is 5.76. The maximum Gasteiger partial charge on any atom is 0.0991 e. The zero-order valence-electron chi connectivity index (χ0n) is 12.9. The van der Waals surface area contributed by atoms with E-state index in [1.807, 2.05) is 24.3 Å². The van der Waals surface area contributed by atoms with Crippen LogP contribution in [0.5, 0.6) is 0 Å². The topological polar surface area (TPSA) is 35.8 Å². The Balaban J connectivity index is 2.19. The van der Waals surface area contributed by atoms with Crippen molar-refractivity contribution >= 4 is 0 Å². The van der Waals surface area contributed by atoms with Gasteiger partial charge in [-0.05, 0) is 36.1 Å². The number of nitriles is 1. The standard InChI is InChI=1S/C19H22N2/c1-14(2)19(17-9-5-4-6-10-17)21-15(3)18-11-7-8-16(12-18)13-20/h4-12,14-15,19,21H,1-3H3. The summed E-state index contributed by atoms with van der Waals surface area (Å²) in [6, 6.07) is 21.0. The summed E-state index contributed by atoms with van der Waals surface area (Å²) < 4.78 is 0. The van der Waals surface area contributed by atoms with Gasteiger partial charge in [-0.25, -0.2) is 0 Å². The van der Waals surface area contributed by atoms with Gasteiger partial charge in [-0.15, -0.1) is 0 Å². The molecule has 2 nitrogen and oxygen atoms in total. The summed E-state index contributed by atoms with van der Waals surface area (Å²) in [5.74, 6) is 0.494. The van der Waals surface area contributed by atoms with E-state index in [9.17, 15) is 0 Å². The third kappa shape index (κ3) is 3.93. The summed E-state index contributed by atoms with van der Waals surface area (Å²) in [4.78, 5) is 0. The second kappa shape index (κ2) is 7.06. The lowest BCUT2D eigenvalue weighted by Crippen LogP contribution is -2.28. The van der Waals surface area contributed by atoms with Gasteiger partial charge in [0, 0.05) is 12.1 Å². The molecular weight excluding hydrogens is 256 g/mol. The minimum atomic E-state index is 0.200. The largest absolute Gasteiger partial charge is 0.303 e. The summed E-state index contributed by atoms with van der Waals surface area (Å²) in [6.45, 7) is 6.60. The molecule has 1 N–H and O–H groups in total. The fourth-order valence-corrected chi connectivity index (χ4v) is 2.58. The Kier molecular flexibility index (Phi) is 5.14. The predicted molar refractivity (Wildman–Crippen MR) is 86.7 cm³/mol. The minimum Gasteiger partial charge on any atom is -0.303 e. The van der Waals surface area contributed by atoms with Crippen molar-refractivity contribution in [2.75, 3.05) is 0 Å². The maximum atomic E-state index is 9.02. The molecule has 0 spiro atoms. The number of rotatable bonds is 5. The number of nitrogens with zero attached hydrogens (tertiary/aromatic N) is 1. The van der Waals surface area contributed by atoms with Crippen molar-refractivity contribution in [2.24, 2.45) is 5.92 Å². The first-order valence-electron chi connectivity index (χ1n) is 7.43. The molecule has 0 aliphatic rings. The van der Waals surface area contributed by atoms with Crippen molar-refractivity contribution in [3.63, 3.8) is 0 Å². The van der Waals surface area contributed by atoms with Gasteiger partial charge in [0.05, 0.1) is 11.6 Å². The van der Waals surface area contributed by atoms with Gasteiger partial charge in [-0.2, -0.15) is 5.26 Å². The van der Waals surface area contributed by atoms with Gasteiger partial charge in [0.15, 0.2) is 0 Å². The van der Waals surface area contributed by atoms with Crippen molar-refractivity contribution in [1.29, 1.82) is 5.26 Å². The van der Waals surface area contributed by atoms with Crippen LogP contribution < -0.4 is 5.32 Å². The van der Waals surface area contributed by atoms with Crippen LogP contribution in [0.1, 0.15) is 49.5 Å². The zero-order chi connectivity index (χ0) is 15.2. The van der Waals surface area contributed by atoms with E-state index in [0.717, 1.165) is 5.56 Å². The molecular formula is C19H22N2. The van der Waals surface area contributed by atoms with Crippen molar-refractivity contribution in [3.05, 3.63) is 71.3 Å². The van der Waals surface area contributed by atoms with E-state index in [1.54, 1.807) is 0 Å². The first-order valence-corrected chi connectivity index (χ1v) is 7.43. The van der Waals surface area contributed by atoms with Crippen LogP contribution in [0.3, 0.4) is 0 Å². The molecule has 0 saturated carbocycles. The quantitative estimate of drug-likeness (QED) is 0.867. The fourth-order valence-electron chi connectivity index (χ4n) is 2.58. The lowest BCUT2D eigenvalue weighted by atomic mass is 9.94. The Bertz CT molecular complexity index is 611. The van der Waals surface area contributed by atoms with Crippen LogP contribution in [0.4, 0.5) is 0 Å². The summed E-state index contributed by atoms with van der Waals surface area (Å²) in [5, 5.41) is 12.7. The first kappa shape index (κ1) is 15.3. The third-order valence-electron chi connectivity index (χ3n) is 3.77. The smallest absolute Gasteiger partial charge is 0.0991 e. The number of hydrogen-bond donors (Lipinski definition) is 1. The molecule has 21 heavy (non-hydrogen) atoms. The Labute approximate surface area is 127 Å². The second-order valence-corrected chi connectivity index (χ2v) is 5.76. The van der Waals surface area contributed by atoms with Crippen molar-refractivity contribution in [1.82, 2.24) is 5.32 Å². The van der Waals surface area contributed by atoms with E-state index in [1.165, 1.54) is 5.56 Å². The van der Waals surface area contributed by atoms with Gasteiger partial charge < -0.3 is 5.32 Å². The summed E-state index contributed by atoms with van der Waals surface area (Å²) >= 11 is 0. The Hall–Kier alpha value is -2.11. The van der Waals surface area contributed by atoms with Crippen LogP contribution in [0.15, 0.2) is 54.6 Å². The molecule has 2 atom stereocenters. The van der Waals surface area contributed by atoms with Gasteiger partial charge in [0.2, 0.25) is 0 Å². The number of nitrogens with one attached hydrogen (secondary N) is 1. The normalized spacial score (nSPS) is 13.7. The summed E-state index contributed by atoms with van der Waals surface area (Å²) in [7, 11) is 0. The lowest BCUT2D eigenvalue weighted by Gasteiger charge is -2.27. The van der Waals surface area contributed by atoms with Crippen molar-refractivity contribution < 1.29 is 0 Å². The fraction of sp³-hybridized carbons (Fsp3) is 0.316. The van der Waals surface area contributed by atoms with Crippen molar-refractivity contribution in [3.8, 4) is 6.07 Å². The molecule has 2 rings (SSSR count). The van der Waals surface area contributed by atoms with E-state index < -0.39 is 0 Å². The molecule has 2 heteroatoms. The summed E-state index contributed by atoms with van der Waals surface area (Å²) in [5.41, 5.74) is 3.16. The number of benzene rings is 2. The average molecular weight is 278 g/mol. The number of hydrogen-bond acceptors (Lipinski definition) is 2. The van der Waals surface area contributed by atoms with E-state index in [0.29, 0.717) is 17.5 Å².